The summed E-state index contributed by atoms with van der Waals surface area (Å²) >= 11 is 0. The molecule has 0 unspecified atom stereocenters. The Morgan fingerprint density at radius 1 is 1.05 bits per heavy atom. The Hall–Kier alpha value is -2.69. The number of aromatic nitrogens is 1. The van der Waals surface area contributed by atoms with Gasteiger partial charge in [-0.2, -0.15) is 0 Å². The molecule has 0 radical (unpaired) electrons. The molecule has 0 aliphatic rings. The molecule has 1 N–H and O–H groups in total. The van der Waals surface area contributed by atoms with Crippen LogP contribution in [0.25, 0.3) is 0 Å². The quantitative estimate of drug-likeness (QED) is 0.830. The summed E-state index contributed by atoms with van der Waals surface area (Å²) in [6, 6.07) is 14.6. The third kappa shape index (κ3) is 4.41. The first-order valence-electron chi connectivity index (χ1n) is 7.17. The predicted molar refractivity (Wildman–Crippen MR) is 82.7 cm³/mol. The maximum atomic E-state index is 12.0. The third-order valence-corrected chi connectivity index (χ3v) is 3.01. The number of amides is 1. The number of hydrogen-bond acceptors (Lipinski definition) is 4. The molecular weight excluding hydrogens is 280 g/mol. The van der Waals surface area contributed by atoms with Crippen molar-refractivity contribution >= 4 is 11.9 Å². The second-order valence-corrected chi connectivity index (χ2v) is 4.62. The minimum absolute atomic E-state index is 0.137. The van der Waals surface area contributed by atoms with Gasteiger partial charge in [0.15, 0.2) is 0 Å². The first-order chi connectivity index (χ1) is 10.7. The van der Waals surface area contributed by atoms with E-state index in [2.05, 4.69) is 10.3 Å². The number of nitrogens with one attached hydrogen (secondary N) is 1. The molecule has 1 aromatic carbocycles. The summed E-state index contributed by atoms with van der Waals surface area (Å²) in [7, 11) is 0. The van der Waals surface area contributed by atoms with Crippen molar-refractivity contribution in [1.29, 1.82) is 0 Å². The molecule has 0 bridgehead atoms. The minimum Gasteiger partial charge on any atom is -0.461 e. The Balaban J connectivity index is 1.92. The molecule has 5 heteroatoms. The van der Waals surface area contributed by atoms with Crippen LogP contribution in [0.15, 0.2) is 48.5 Å². The molecule has 5 nitrogen and oxygen atoms in total. The zero-order valence-corrected chi connectivity index (χ0v) is 12.4. The molecule has 0 saturated heterocycles. The second-order valence-electron chi connectivity index (χ2n) is 4.62. The number of esters is 1. The van der Waals surface area contributed by atoms with E-state index < -0.39 is 5.97 Å². The van der Waals surface area contributed by atoms with Gasteiger partial charge in [-0.15, -0.1) is 0 Å². The molecule has 114 valence electrons. The number of nitrogens with zero attached hydrogens (tertiary/aromatic N) is 1. The summed E-state index contributed by atoms with van der Waals surface area (Å²) < 4.78 is 4.87. The van der Waals surface area contributed by atoms with Gasteiger partial charge in [0.25, 0.3) is 5.91 Å². The zero-order valence-electron chi connectivity index (χ0n) is 12.4. The van der Waals surface area contributed by atoms with Crippen LogP contribution in [0.2, 0.25) is 0 Å². The monoisotopic (exact) mass is 298 g/mol. The Labute approximate surface area is 129 Å². The SMILES string of the molecule is CCOC(=O)c1cccc(C(=O)NCCc2ccccc2)n1. The fraction of sp³-hybridized carbons (Fsp3) is 0.235. The highest BCUT2D eigenvalue weighted by Crippen LogP contribution is 2.03. The van der Waals surface area contributed by atoms with Gasteiger partial charge < -0.3 is 10.1 Å². The van der Waals surface area contributed by atoms with Gasteiger partial charge in [-0.05, 0) is 31.0 Å². The van der Waals surface area contributed by atoms with Gasteiger partial charge in [0.2, 0.25) is 0 Å². The van der Waals surface area contributed by atoms with Crippen LogP contribution in [-0.4, -0.2) is 30.0 Å². The highest BCUT2D eigenvalue weighted by molar-refractivity contribution is 5.94. The molecule has 0 aliphatic heterocycles. The van der Waals surface area contributed by atoms with Crippen LogP contribution in [0.1, 0.15) is 33.5 Å². The first kappa shape index (κ1) is 15.7. The maximum Gasteiger partial charge on any atom is 0.356 e. The van der Waals surface area contributed by atoms with Crippen molar-refractivity contribution in [3.8, 4) is 0 Å². The lowest BCUT2D eigenvalue weighted by molar-refractivity contribution is 0.0519. The van der Waals surface area contributed by atoms with E-state index in [-0.39, 0.29) is 23.9 Å². The Kier molecular flexibility index (Phi) is 5.65. The lowest BCUT2D eigenvalue weighted by Gasteiger charge is -2.06. The molecule has 0 fully saturated rings. The number of ether oxygens (including phenoxy) is 1. The van der Waals surface area contributed by atoms with Crippen molar-refractivity contribution in [2.75, 3.05) is 13.2 Å². The van der Waals surface area contributed by atoms with Gasteiger partial charge in [0.1, 0.15) is 11.4 Å². The predicted octanol–water partition coefficient (Wildman–Crippen LogP) is 2.23. The average molecular weight is 298 g/mol. The second kappa shape index (κ2) is 7.93. The van der Waals surface area contributed by atoms with E-state index in [4.69, 9.17) is 4.74 Å². The third-order valence-electron chi connectivity index (χ3n) is 3.01. The molecule has 2 rings (SSSR count). The normalized spacial score (nSPS) is 10.0. The highest BCUT2D eigenvalue weighted by atomic mass is 16.5. The Morgan fingerprint density at radius 2 is 1.77 bits per heavy atom. The molecule has 0 spiro atoms. The summed E-state index contributed by atoms with van der Waals surface area (Å²) in [6.45, 7) is 2.50. The fourth-order valence-electron chi connectivity index (χ4n) is 1.94. The first-order valence-corrected chi connectivity index (χ1v) is 7.17. The molecular formula is C17H18N2O3. The van der Waals surface area contributed by atoms with Crippen molar-refractivity contribution in [2.45, 2.75) is 13.3 Å². The minimum atomic E-state index is -0.526. The molecule has 22 heavy (non-hydrogen) atoms. The molecule has 1 heterocycles. The molecule has 1 amide bonds. The number of pyridine rings is 1. The lowest BCUT2D eigenvalue weighted by Crippen LogP contribution is -2.27. The van der Waals surface area contributed by atoms with Crippen LogP contribution in [-0.2, 0) is 11.2 Å². The van der Waals surface area contributed by atoms with Crippen molar-refractivity contribution in [2.24, 2.45) is 0 Å². The van der Waals surface area contributed by atoms with E-state index in [9.17, 15) is 9.59 Å². The Morgan fingerprint density at radius 3 is 2.50 bits per heavy atom. The molecule has 0 aliphatic carbocycles. The van der Waals surface area contributed by atoms with E-state index in [1.807, 2.05) is 30.3 Å². The average Bonchev–Trinajstić information content (AvgIpc) is 2.56. The van der Waals surface area contributed by atoms with E-state index in [1.165, 1.54) is 6.07 Å². The number of carbonyl (C=O) groups is 2. The summed E-state index contributed by atoms with van der Waals surface area (Å²) in [5.74, 6) is -0.830. The van der Waals surface area contributed by atoms with Gasteiger partial charge >= 0.3 is 5.97 Å². The van der Waals surface area contributed by atoms with Crippen LogP contribution in [0.5, 0.6) is 0 Å². The maximum absolute atomic E-state index is 12.0. The number of rotatable bonds is 6. The summed E-state index contributed by atoms with van der Waals surface area (Å²) in [4.78, 5) is 27.7. The van der Waals surface area contributed by atoms with E-state index >= 15 is 0 Å². The van der Waals surface area contributed by atoms with Gasteiger partial charge in [-0.25, -0.2) is 9.78 Å². The smallest absolute Gasteiger partial charge is 0.356 e. The number of carbonyl (C=O) groups excluding carboxylic acids is 2. The van der Waals surface area contributed by atoms with Crippen LogP contribution in [0.3, 0.4) is 0 Å². The van der Waals surface area contributed by atoms with Gasteiger partial charge in [-0.1, -0.05) is 36.4 Å². The summed E-state index contributed by atoms with van der Waals surface area (Å²) in [6.07, 6.45) is 0.740. The fourth-order valence-corrected chi connectivity index (χ4v) is 1.94. The van der Waals surface area contributed by atoms with E-state index in [1.54, 1.807) is 19.1 Å². The Bertz CT molecular complexity index is 641. The van der Waals surface area contributed by atoms with Crippen LogP contribution in [0, 0.1) is 0 Å². The van der Waals surface area contributed by atoms with Gasteiger partial charge in [0, 0.05) is 6.54 Å². The van der Waals surface area contributed by atoms with Crippen molar-refractivity contribution in [3.63, 3.8) is 0 Å². The molecule has 0 saturated carbocycles. The van der Waals surface area contributed by atoms with E-state index in [0.717, 1.165) is 12.0 Å². The zero-order chi connectivity index (χ0) is 15.8. The van der Waals surface area contributed by atoms with Crippen molar-refractivity contribution in [3.05, 3.63) is 65.5 Å². The van der Waals surface area contributed by atoms with Crippen LogP contribution in [0.4, 0.5) is 0 Å². The highest BCUT2D eigenvalue weighted by Gasteiger charge is 2.12. The number of hydrogen-bond donors (Lipinski definition) is 1. The topological polar surface area (TPSA) is 68.3 Å². The van der Waals surface area contributed by atoms with Crippen molar-refractivity contribution in [1.82, 2.24) is 10.3 Å². The summed E-state index contributed by atoms with van der Waals surface area (Å²) in [5.41, 5.74) is 1.49. The summed E-state index contributed by atoms with van der Waals surface area (Å²) in [5, 5.41) is 2.79. The van der Waals surface area contributed by atoms with Crippen LogP contribution < -0.4 is 5.32 Å². The van der Waals surface area contributed by atoms with Gasteiger partial charge in [-0.3, -0.25) is 4.79 Å². The molecule has 0 atom stereocenters. The molecule has 1 aromatic heterocycles. The number of benzene rings is 1. The standard InChI is InChI=1S/C17H18N2O3/c1-2-22-17(21)15-10-6-9-14(19-15)16(20)18-12-11-13-7-4-3-5-8-13/h3-10H,2,11-12H2,1H3,(H,18,20). The van der Waals surface area contributed by atoms with Gasteiger partial charge in [0.05, 0.1) is 6.61 Å². The van der Waals surface area contributed by atoms with E-state index in [0.29, 0.717) is 6.54 Å². The molecule has 2 aromatic rings. The lowest BCUT2D eigenvalue weighted by atomic mass is 10.1. The van der Waals surface area contributed by atoms with Crippen LogP contribution >= 0.6 is 0 Å². The largest absolute Gasteiger partial charge is 0.461 e. The van der Waals surface area contributed by atoms with Crippen molar-refractivity contribution < 1.29 is 14.3 Å².